The molecule has 0 amide bonds. The molecule has 0 saturated carbocycles. The molecule has 0 unspecified atom stereocenters. The molecule has 0 atom stereocenters. The zero-order valence-electron chi connectivity index (χ0n) is 16.6. The summed E-state index contributed by atoms with van der Waals surface area (Å²) >= 11 is 6.99. The Morgan fingerprint density at radius 2 is 1.96 bits per heavy atom. The molecule has 1 aromatic carbocycles. The Bertz CT molecular complexity index is 918. The van der Waals surface area contributed by atoms with Crippen LogP contribution in [0.1, 0.15) is 55.2 Å². The summed E-state index contributed by atoms with van der Waals surface area (Å²) in [6.45, 7) is 8.99. The fourth-order valence-electron chi connectivity index (χ4n) is 3.03. The molecule has 2 nitrogen and oxygen atoms in total. The van der Waals surface area contributed by atoms with Crippen molar-refractivity contribution < 1.29 is 4.79 Å². The lowest BCUT2D eigenvalue weighted by Gasteiger charge is -2.11. The van der Waals surface area contributed by atoms with E-state index in [2.05, 4.69) is 29.9 Å². The second-order valence-corrected chi connectivity index (χ2v) is 7.62. The molecule has 144 valence electrons. The summed E-state index contributed by atoms with van der Waals surface area (Å²) < 4.78 is 2.12. The van der Waals surface area contributed by atoms with Crippen LogP contribution in [-0.2, 0) is 6.54 Å². The van der Waals surface area contributed by atoms with Crippen LogP contribution in [0.5, 0.6) is 0 Å². The van der Waals surface area contributed by atoms with Gasteiger partial charge in [0, 0.05) is 23.4 Å². The quantitative estimate of drug-likeness (QED) is 0.240. The zero-order chi connectivity index (χ0) is 19.8. The van der Waals surface area contributed by atoms with Crippen molar-refractivity contribution in [2.75, 3.05) is 5.88 Å². The summed E-state index contributed by atoms with van der Waals surface area (Å²) in [6.07, 6.45) is 4.29. The number of allylic oxidation sites excluding steroid dienone is 2. The number of aryl methyl sites for hydroxylation is 2. The van der Waals surface area contributed by atoms with Crippen molar-refractivity contribution in [3.8, 4) is 0 Å². The van der Waals surface area contributed by atoms with Gasteiger partial charge in [0.2, 0.25) is 5.78 Å². The predicted octanol–water partition coefficient (Wildman–Crippen LogP) is 7.34. The number of alkyl halides is 1. The van der Waals surface area contributed by atoms with E-state index in [4.69, 9.17) is 11.6 Å². The first-order valence-corrected chi connectivity index (χ1v) is 10.9. The molecule has 3 rings (SSSR count). The van der Waals surface area contributed by atoms with Gasteiger partial charge in [-0.3, -0.25) is 4.79 Å². The number of fused-ring (bicyclic) bond motifs is 1. The molecule has 2 heterocycles. The standard InChI is InChI=1S/C19H19NOS.C4H9Cl/c1-4-15(16-9-7-6-8-13(16)3)18(21)17-12-14-10-11-22-19(14)20(17)5-2;1-2-3-4-5/h4,6-12H,5H2,1-3H3;2-4H2,1H3/b15-4+;. The number of ketones is 1. The number of nitrogens with zero attached hydrogens (tertiary/aromatic N) is 1. The van der Waals surface area contributed by atoms with Gasteiger partial charge in [-0.2, -0.15) is 0 Å². The third-order valence-corrected chi connectivity index (χ3v) is 5.73. The molecule has 0 fully saturated rings. The fourth-order valence-corrected chi connectivity index (χ4v) is 4.26. The van der Waals surface area contributed by atoms with Crippen molar-refractivity contribution in [3.63, 3.8) is 0 Å². The Labute approximate surface area is 171 Å². The number of thiophene rings is 1. The molecule has 27 heavy (non-hydrogen) atoms. The maximum Gasteiger partial charge on any atom is 0.209 e. The third kappa shape index (κ3) is 4.91. The van der Waals surface area contributed by atoms with Crippen LogP contribution in [-0.4, -0.2) is 16.2 Å². The van der Waals surface area contributed by atoms with Crippen LogP contribution in [0, 0.1) is 6.92 Å². The van der Waals surface area contributed by atoms with E-state index in [-0.39, 0.29) is 5.78 Å². The van der Waals surface area contributed by atoms with Crippen LogP contribution < -0.4 is 0 Å². The minimum atomic E-state index is 0.0991. The second kappa shape index (κ2) is 10.5. The number of hydrogen-bond acceptors (Lipinski definition) is 2. The average Bonchev–Trinajstić information content (AvgIpc) is 3.25. The highest BCUT2D eigenvalue weighted by molar-refractivity contribution is 7.16. The number of hydrogen-bond donors (Lipinski definition) is 0. The zero-order valence-corrected chi connectivity index (χ0v) is 18.2. The van der Waals surface area contributed by atoms with Gasteiger partial charge in [0.1, 0.15) is 4.83 Å². The Morgan fingerprint density at radius 1 is 1.22 bits per heavy atom. The van der Waals surface area contributed by atoms with Gasteiger partial charge in [0.05, 0.1) is 5.69 Å². The average molecular weight is 402 g/mol. The van der Waals surface area contributed by atoms with E-state index in [0.717, 1.165) is 46.6 Å². The number of carbonyl (C=O) groups excluding carboxylic acids is 1. The number of benzene rings is 1. The molecular formula is C23H28ClNOS. The third-order valence-electron chi connectivity index (χ3n) is 4.51. The highest BCUT2D eigenvalue weighted by Crippen LogP contribution is 2.29. The summed E-state index contributed by atoms with van der Waals surface area (Å²) in [7, 11) is 0. The van der Waals surface area contributed by atoms with Gasteiger partial charge in [-0.05, 0) is 55.8 Å². The first-order valence-electron chi connectivity index (χ1n) is 9.48. The highest BCUT2D eigenvalue weighted by atomic mass is 35.5. The van der Waals surface area contributed by atoms with E-state index >= 15 is 0 Å². The number of unbranched alkanes of at least 4 members (excludes halogenated alkanes) is 1. The molecule has 0 radical (unpaired) electrons. The summed E-state index contributed by atoms with van der Waals surface area (Å²) in [4.78, 5) is 14.3. The topological polar surface area (TPSA) is 22.0 Å². The highest BCUT2D eigenvalue weighted by Gasteiger charge is 2.20. The fraction of sp³-hybridized carbons (Fsp3) is 0.348. The molecule has 0 aliphatic carbocycles. The van der Waals surface area contributed by atoms with E-state index < -0.39 is 0 Å². The monoisotopic (exact) mass is 401 g/mol. The Morgan fingerprint density at radius 3 is 2.52 bits per heavy atom. The van der Waals surface area contributed by atoms with Gasteiger partial charge in [-0.25, -0.2) is 0 Å². The number of Topliss-reactive ketones (excluding diaryl/α,β-unsaturated/α-hetero) is 1. The van der Waals surface area contributed by atoms with Crippen LogP contribution in [0.25, 0.3) is 15.8 Å². The van der Waals surface area contributed by atoms with Crippen molar-refractivity contribution >= 4 is 44.5 Å². The van der Waals surface area contributed by atoms with E-state index in [1.165, 1.54) is 11.3 Å². The van der Waals surface area contributed by atoms with Crippen LogP contribution in [0.3, 0.4) is 0 Å². The number of rotatable bonds is 6. The van der Waals surface area contributed by atoms with E-state index in [1.54, 1.807) is 11.3 Å². The van der Waals surface area contributed by atoms with E-state index in [9.17, 15) is 4.79 Å². The molecule has 0 aliphatic heterocycles. The number of halogens is 1. The maximum absolute atomic E-state index is 13.1. The molecule has 3 aromatic rings. The molecule has 0 N–H and O–H groups in total. The molecule has 4 heteroatoms. The van der Waals surface area contributed by atoms with Crippen LogP contribution in [0.2, 0.25) is 0 Å². The van der Waals surface area contributed by atoms with Crippen molar-refractivity contribution in [1.82, 2.24) is 4.57 Å². The Balaban J connectivity index is 0.000000465. The van der Waals surface area contributed by atoms with Gasteiger partial charge in [-0.1, -0.05) is 43.7 Å². The summed E-state index contributed by atoms with van der Waals surface area (Å²) in [5, 5.41) is 3.22. The lowest BCUT2D eigenvalue weighted by Crippen LogP contribution is -2.10. The number of carbonyl (C=O) groups is 1. The van der Waals surface area contributed by atoms with Gasteiger partial charge in [0.25, 0.3) is 0 Å². The summed E-state index contributed by atoms with van der Waals surface area (Å²) in [5.41, 5.74) is 3.70. The van der Waals surface area contributed by atoms with E-state index in [0.29, 0.717) is 0 Å². The normalized spacial score (nSPS) is 11.4. The first-order chi connectivity index (χ1) is 13.1. The smallest absolute Gasteiger partial charge is 0.209 e. The lowest BCUT2D eigenvalue weighted by molar-refractivity contribution is 0.104. The van der Waals surface area contributed by atoms with Crippen molar-refractivity contribution in [2.24, 2.45) is 0 Å². The van der Waals surface area contributed by atoms with E-state index in [1.807, 2.05) is 50.3 Å². The largest absolute Gasteiger partial charge is 0.330 e. The van der Waals surface area contributed by atoms with Crippen molar-refractivity contribution in [2.45, 2.75) is 47.1 Å². The molecular weight excluding hydrogens is 374 g/mol. The molecule has 0 spiro atoms. The van der Waals surface area contributed by atoms with Gasteiger partial charge in [0.15, 0.2) is 0 Å². The van der Waals surface area contributed by atoms with Gasteiger partial charge >= 0.3 is 0 Å². The van der Waals surface area contributed by atoms with Crippen molar-refractivity contribution in [3.05, 3.63) is 64.7 Å². The second-order valence-electron chi connectivity index (χ2n) is 6.34. The van der Waals surface area contributed by atoms with Crippen LogP contribution >= 0.6 is 22.9 Å². The minimum absolute atomic E-state index is 0.0991. The lowest BCUT2D eigenvalue weighted by atomic mass is 9.95. The van der Waals surface area contributed by atoms with Gasteiger partial charge in [-0.15, -0.1) is 22.9 Å². The van der Waals surface area contributed by atoms with Crippen LogP contribution in [0.15, 0.2) is 47.9 Å². The summed E-state index contributed by atoms with van der Waals surface area (Å²) in [6, 6.07) is 12.1. The Hall–Kier alpha value is -1.84. The van der Waals surface area contributed by atoms with Gasteiger partial charge < -0.3 is 4.57 Å². The Kier molecular flexibility index (Phi) is 8.33. The predicted molar refractivity (Wildman–Crippen MR) is 120 cm³/mol. The van der Waals surface area contributed by atoms with Crippen molar-refractivity contribution in [1.29, 1.82) is 0 Å². The molecule has 2 aromatic heterocycles. The molecule has 0 aliphatic rings. The SMILES string of the molecule is C/C=C(/C(=O)c1cc2ccsc2n1CC)c1ccccc1C.CCCCCl. The molecule has 0 bridgehead atoms. The number of aromatic nitrogens is 1. The van der Waals surface area contributed by atoms with Crippen LogP contribution in [0.4, 0.5) is 0 Å². The minimum Gasteiger partial charge on any atom is -0.330 e. The molecule has 0 saturated heterocycles. The maximum atomic E-state index is 13.1. The first kappa shape index (κ1) is 21.5. The summed E-state index contributed by atoms with van der Waals surface area (Å²) in [5.74, 6) is 0.915.